The number of morpholine rings is 1. The van der Waals surface area contributed by atoms with E-state index >= 15 is 0 Å². The number of benzene rings is 2. The lowest BCUT2D eigenvalue weighted by Crippen LogP contribution is -2.37. The number of hydrogen-bond acceptors (Lipinski definition) is 6. The summed E-state index contributed by atoms with van der Waals surface area (Å²) < 4.78 is 16.6. The average molecular weight is 441 g/mol. The van der Waals surface area contributed by atoms with Gasteiger partial charge in [-0.25, -0.2) is 4.79 Å². The molecule has 2 aromatic rings. The Morgan fingerprint density at radius 2 is 1.91 bits per heavy atom. The third-order valence-electron chi connectivity index (χ3n) is 5.27. The van der Waals surface area contributed by atoms with Gasteiger partial charge in [-0.15, -0.1) is 0 Å². The van der Waals surface area contributed by atoms with Gasteiger partial charge in [0.15, 0.2) is 0 Å². The van der Waals surface area contributed by atoms with E-state index in [1.54, 1.807) is 30.3 Å². The Labute approximate surface area is 189 Å². The number of carbonyl (C=O) groups excluding carboxylic acids is 2. The topological polar surface area (TPSA) is 77.1 Å². The van der Waals surface area contributed by atoms with Crippen LogP contribution in [0.3, 0.4) is 0 Å². The first-order valence-corrected chi connectivity index (χ1v) is 11.2. The Kier molecular flexibility index (Phi) is 8.50. The first kappa shape index (κ1) is 23.6. The molecule has 0 aromatic heterocycles. The molecule has 0 saturated carbocycles. The first-order valence-electron chi connectivity index (χ1n) is 11.2. The zero-order valence-corrected chi connectivity index (χ0v) is 19.1. The van der Waals surface area contributed by atoms with Crippen molar-refractivity contribution >= 4 is 23.3 Å². The van der Waals surface area contributed by atoms with E-state index in [-0.39, 0.29) is 12.0 Å². The zero-order valence-electron chi connectivity index (χ0n) is 19.1. The molecule has 2 aromatic carbocycles. The Bertz CT molecular complexity index is 924. The van der Waals surface area contributed by atoms with Gasteiger partial charge in [-0.3, -0.25) is 4.79 Å². The third kappa shape index (κ3) is 6.23. The number of nitrogens with one attached hydrogen (secondary N) is 1. The summed E-state index contributed by atoms with van der Waals surface area (Å²) in [5, 5.41) is 2.89. The molecule has 1 fully saturated rings. The van der Waals surface area contributed by atoms with E-state index in [4.69, 9.17) is 14.2 Å². The van der Waals surface area contributed by atoms with Gasteiger partial charge in [0.25, 0.3) is 5.91 Å². The summed E-state index contributed by atoms with van der Waals surface area (Å²) in [7, 11) is 0. The number of ether oxygens (including phenoxy) is 3. The van der Waals surface area contributed by atoms with Gasteiger partial charge >= 0.3 is 5.97 Å². The van der Waals surface area contributed by atoms with Gasteiger partial charge in [0, 0.05) is 24.3 Å². The summed E-state index contributed by atoms with van der Waals surface area (Å²) in [5.41, 5.74) is 2.24. The van der Waals surface area contributed by atoms with Crippen LogP contribution in [0.25, 0.3) is 0 Å². The molecule has 1 aliphatic heterocycles. The van der Waals surface area contributed by atoms with Gasteiger partial charge < -0.3 is 24.4 Å². The van der Waals surface area contributed by atoms with Crippen LogP contribution in [0.2, 0.25) is 0 Å². The maximum Gasteiger partial charge on any atom is 0.340 e. The zero-order chi connectivity index (χ0) is 22.9. The maximum atomic E-state index is 12.9. The Hall–Kier alpha value is -3.06. The highest BCUT2D eigenvalue weighted by atomic mass is 16.5. The Morgan fingerprint density at radius 1 is 1.12 bits per heavy atom. The fourth-order valence-electron chi connectivity index (χ4n) is 3.36. The van der Waals surface area contributed by atoms with E-state index in [9.17, 15) is 9.59 Å². The molecular formula is C25H32N2O5. The number of carbonyl (C=O) groups is 2. The van der Waals surface area contributed by atoms with Crippen LogP contribution >= 0.6 is 0 Å². The number of esters is 1. The highest BCUT2D eigenvalue weighted by Crippen LogP contribution is 2.27. The minimum absolute atomic E-state index is 0.0673. The molecule has 0 spiro atoms. The van der Waals surface area contributed by atoms with Crippen LogP contribution in [-0.2, 0) is 9.47 Å². The lowest BCUT2D eigenvalue weighted by molar-refractivity contribution is 0.0504. The normalized spacial score (nSPS) is 14.5. The van der Waals surface area contributed by atoms with Crippen LogP contribution in [0.15, 0.2) is 42.5 Å². The second-order valence-electron chi connectivity index (χ2n) is 7.79. The minimum atomic E-state index is -0.395. The highest BCUT2D eigenvalue weighted by molar-refractivity contribution is 6.05. The van der Waals surface area contributed by atoms with Crippen molar-refractivity contribution in [2.75, 3.05) is 43.1 Å². The van der Waals surface area contributed by atoms with E-state index in [0.29, 0.717) is 55.5 Å². The van der Waals surface area contributed by atoms with Crippen LogP contribution < -0.4 is 15.0 Å². The predicted molar refractivity (Wildman–Crippen MR) is 125 cm³/mol. The fourth-order valence-corrected chi connectivity index (χ4v) is 3.36. The van der Waals surface area contributed by atoms with Crippen molar-refractivity contribution in [3.05, 3.63) is 53.6 Å². The van der Waals surface area contributed by atoms with Gasteiger partial charge in [-0.2, -0.15) is 0 Å². The van der Waals surface area contributed by atoms with Crippen molar-refractivity contribution in [1.29, 1.82) is 0 Å². The van der Waals surface area contributed by atoms with Crippen LogP contribution in [0, 0.1) is 0 Å². The highest BCUT2D eigenvalue weighted by Gasteiger charge is 2.21. The van der Waals surface area contributed by atoms with Crippen LogP contribution in [-0.4, -0.2) is 50.9 Å². The molecule has 0 radical (unpaired) electrons. The SMILES string of the molecule is CCCOC(=O)c1cc(NC(=O)c2cccc(OC(C)CC)c2)ccc1N1CCOCC1. The van der Waals surface area contributed by atoms with Gasteiger partial charge in [-0.05, 0) is 56.2 Å². The molecule has 3 rings (SSSR count). The van der Waals surface area contributed by atoms with Crippen molar-refractivity contribution in [1.82, 2.24) is 0 Å². The summed E-state index contributed by atoms with van der Waals surface area (Å²) in [4.78, 5) is 27.7. The number of rotatable bonds is 9. The lowest BCUT2D eigenvalue weighted by Gasteiger charge is -2.30. The molecule has 0 bridgehead atoms. The summed E-state index contributed by atoms with van der Waals surface area (Å²) in [6, 6.07) is 12.4. The van der Waals surface area contributed by atoms with Gasteiger partial charge in [0.2, 0.25) is 0 Å². The molecular weight excluding hydrogens is 408 g/mol. The van der Waals surface area contributed by atoms with Crippen molar-refractivity contribution in [3.8, 4) is 5.75 Å². The summed E-state index contributed by atoms with van der Waals surface area (Å²) in [5.74, 6) is -0.0153. The largest absolute Gasteiger partial charge is 0.491 e. The molecule has 32 heavy (non-hydrogen) atoms. The van der Waals surface area contributed by atoms with E-state index in [1.807, 2.05) is 32.9 Å². The molecule has 0 aliphatic carbocycles. The molecule has 1 atom stereocenters. The van der Waals surface area contributed by atoms with Crippen molar-refractivity contribution in [2.24, 2.45) is 0 Å². The molecule has 172 valence electrons. The van der Waals surface area contributed by atoms with E-state index in [1.165, 1.54) is 0 Å². The van der Waals surface area contributed by atoms with E-state index < -0.39 is 5.97 Å². The minimum Gasteiger partial charge on any atom is -0.491 e. The van der Waals surface area contributed by atoms with Crippen molar-refractivity contribution in [3.63, 3.8) is 0 Å². The maximum absolute atomic E-state index is 12.9. The van der Waals surface area contributed by atoms with Gasteiger partial charge in [0.05, 0.1) is 37.2 Å². The molecule has 1 heterocycles. The van der Waals surface area contributed by atoms with Crippen molar-refractivity contribution in [2.45, 2.75) is 39.7 Å². The third-order valence-corrected chi connectivity index (χ3v) is 5.27. The molecule has 1 saturated heterocycles. The van der Waals surface area contributed by atoms with Crippen LogP contribution in [0.5, 0.6) is 5.75 Å². The second kappa shape index (κ2) is 11.5. The number of anilines is 2. The smallest absolute Gasteiger partial charge is 0.340 e. The lowest BCUT2D eigenvalue weighted by atomic mass is 10.1. The first-order chi connectivity index (χ1) is 15.5. The predicted octanol–water partition coefficient (Wildman–Crippen LogP) is 4.52. The van der Waals surface area contributed by atoms with Gasteiger partial charge in [-0.1, -0.05) is 19.9 Å². The number of nitrogens with zero attached hydrogens (tertiary/aromatic N) is 1. The Morgan fingerprint density at radius 3 is 2.62 bits per heavy atom. The van der Waals surface area contributed by atoms with Gasteiger partial charge in [0.1, 0.15) is 5.75 Å². The Balaban J connectivity index is 1.80. The van der Waals surface area contributed by atoms with E-state index in [0.717, 1.165) is 18.5 Å². The summed E-state index contributed by atoms with van der Waals surface area (Å²) >= 11 is 0. The second-order valence-corrected chi connectivity index (χ2v) is 7.79. The molecule has 1 aliphatic rings. The summed E-state index contributed by atoms with van der Waals surface area (Å²) in [6.45, 7) is 8.94. The average Bonchev–Trinajstić information content (AvgIpc) is 2.83. The fraction of sp³-hybridized carbons (Fsp3) is 0.440. The number of amides is 1. The molecule has 7 heteroatoms. The standard InChI is InChI=1S/C25H32N2O5/c1-4-13-31-25(29)22-17-20(9-10-23(22)27-11-14-30-15-12-27)26-24(28)19-7-6-8-21(16-19)32-18(3)5-2/h6-10,16-18H,4-5,11-15H2,1-3H3,(H,26,28). The number of hydrogen-bond donors (Lipinski definition) is 1. The monoisotopic (exact) mass is 440 g/mol. The molecule has 1 unspecified atom stereocenters. The summed E-state index contributed by atoms with van der Waals surface area (Å²) in [6.07, 6.45) is 1.69. The quantitative estimate of drug-likeness (QED) is 0.578. The van der Waals surface area contributed by atoms with E-state index in [2.05, 4.69) is 10.2 Å². The molecule has 1 N–H and O–H groups in total. The molecule has 1 amide bonds. The van der Waals surface area contributed by atoms with Crippen molar-refractivity contribution < 1.29 is 23.8 Å². The van der Waals surface area contributed by atoms with Crippen LogP contribution in [0.1, 0.15) is 54.3 Å². The van der Waals surface area contributed by atoms with Crippen LogP contribution in [0.4, 0.5) is 11.4 Å². The molecule has 7 nitrogen and oxygen atoms in total.